The Balaban J connectivity index is 2.12. The summed E-state index contributed by atoms with van der Waals surface area (Å²) in [4.78, 5) is 12.8. The van der Waals surface area contributed by atoms with Gasteiger partial charge in [0.25, 0.3) is 0 Å². The molecule has 1 N–H and O–H groups in total. The van der Waals surface area contributed by atoms with Crippen molar-refractivity contribution < 1.29 is 9.90 Å². The van der Waals surface area contributed by atoms with E-state index >= 15 is 0 Å². The molecule has 0 aliphatic rings. The molecule has 0 saturated heterocycles. The maximum Gasteiger partial charge on any atom is 0.303 e. The van der Waals surface area contributed by atoms with Gasteiger partial charge in [-0.1, -0.05) is 23.2 Å². The van der Waals surface area contributed by atoms with Crippen LogP contribution in [0.3, 0.4) is 0 Å². The predicted molar refractivity (Wildman–Crippen MR) is 107 cm³/mol. The Morgan fingerprint density at radius 2 is 1.81 bits per heavy atom. The van der Waals surface area contributed by atoms with E-state index in [-0.39, 0.29) is 6.42 Å². The predicted octanol–water partition coefficient (Wildman–Crippen LogP) is 6.41. The normalized spacial score (nSPS) is 11.1. The number of nitrogens with zero attached hydrogens (tertiary/aromatic N) is 3. The van der Waals surface area contributed by atoms with E-state index in [4.69, 9.17) is 28.3 Å². The van der Waals surface area contributed by atoms with Gasteiger partial charge < -0.3 is 10.0 Å². The van der Waals surface area contributed by atoms with E-state index in [9.17, 15) is 4.79 Å². The molecule has 0 atom stereocenters. The highest BCUT2D eigenvalue weighted by molar-refractivity contribution is 6.35. The largest absolute Gasteiger partial charge is 0.481 e. The molecule has 0 aromatic heterocycles. The van der Waals surface area contributed by atoms with E-state index in [1.807, 2.05) is 32.0 Å². The van der Waals surface area contributed by atoms with Gasteiger partial charge in [0.2, 0.25) is 0 Å². The fourth-order valence-electron chi connectivity index (χ4n) is 2.55. The summed E-state index contributed by atoms with van der Waals surface area (Å²) in [5.41, 5.74) is 3.37. The Bertz CT molecular complexity index is 789. The number of aliphatic carboxylic acids is 1. The molecule has 2 aromatic carbocycles. The second-order valence-electron chi connectivity index (χ2n) is 5.88. The molecule has 0 amide bonds. The molecule has 2 rings (SSSR count). The number of carboxylic acids is 1. The van der Waals surface area contributed by atoms with Gasteiger partial charge in [-0.2, -0.15) is 10.2 Å². The molecule has 0 saturated carbocycles. The minimum absolute atomic E-state index is 0.171. The summed E-state index contributed by atoms with van der Waals surface area (Å²) in [5, 5.41) is 18.3. The molecule has 0 bridgehead atoms. The molecule has 0 heterocycles. The van der Waals surface area contributed by atoms with Crippen LogP contribution in [0, 0.1) is 6.92 Å². The zero-order valence-corrected chi connectivity index (χ0v) is 16.3. The van der Waals surface area contributed by atoms with Gasteiger partial charge in [-0.25, -0.2) is 0 Å². The molecule has 0 unspecified atom stereocenters. The first-order valence-electron chi connectivity index (χ1n) is 8.34. The van der Waals surface area contributed by atoms with Gasteiger partial charge in [0, 0.05) is 35.2 Å². The number of benzene rings is 2. The smallest absolute Gasteiger partial charge is 0.303 e. The van der Waals surface area contributed by atoms with Crippen LogP contribution in [-0.2, 0) is 4.79 Å². The lowest BCUT2D eigenvalue weighted by Crippen LogP contribution is -2.24. The minimum Gasteiger partial charge on any atom is -0.481 e. The highest BCUT2D eigenvalue weighted by Gasteiger charge is 2.08. The van der Waals surface area contributed by atoms with Gasteiger partial charge in [-0.05, 0) is 62.2 Å². The quantitative estimate of drug-likeness (QED) is 0.526. The second kappa shape index (κ2) is 9.55. The van der Waals surface area contributed by atoms with E-state index in [0.717, 1.165) is 23.5 Å². The van der Waals surface area contributed by atoms with Crippen molar-refractivity contribution in [1.82, 2.24) is 0 Å². The molecular formula is C19H21Cl2N3O2. The third-order valence-electron chi connectivity index (χ3n) is 3.87. The summed E-state index contributed by atoms with van der Waals surface area (Å²) in [7, 11) is 0. The second-order valence-corrected chi connectivity index (χ2v) is 6.75. The van der Waals surface area contributed by atoms with Crippen LogP contribution in [-0.4, -0.2) is 24.2 Å². The summed E-state index contributed by atoms with van der Waals surface area (Å²) < 4.78 is 0. The van der Waals surface area contributed by atoms with E-state index in [1.54, 1.807) is 18.2 Å². The zero-order chi connectivity index (χ0) is 19.1. The first kappa shape index (κ1) is 20.2. The number of azo groups is 1. The number of hydrogen-bond donors (Lipinski definition) is 1. The molecule has 2 aromatic rings. The Kier molecular flexibility index (Phi) is 7.42. The Hall–Kier alpha value is -2.11. The van der Waals surface area contributed by atoms with E-state index in [2.05, 4.69) is 15.1 Å². The zero-order valence-electron chi connectivity index (χ0n) is 14.7. The van der Waals surface area contributed by atoms with Crippen LogP contribution in [0.5, 0.6) is 0 Å². The summed E-state index contributed by atoms with van der Waals surface area (Å²) in [6.07, 6.45) is 0.781. The number of carbonyl (C=O) groups is 1. The summed E-state index contributed by atoms with van der Waals surface area (Å²) in [5.74, 6) is -0.769. The molecule has 5 nitrogen and oxygen atoms in total. The third-order valence-corrected chi connectivity index (χ3v) is 4.30. The van der Waals surface area contributed by atoms with Crippen LogP contribution in [0.15, 0.2) is 46.6 Å². The van der Waals surface area contributed by atoms with Crippen LogP contribution in [0.1, 0.15) is 25.3 Å². The van der Waals surface area contributed by atoms with Gasteiger partial charge >= 0.3 is 5.97 Å². The molecule has 0 aliphatic carbocycles. The molecule has 26 heavy (non-hydrogen) atoms. The number of carboxylic acid groups (broad SMARTS) is 1. The average molecular weight is 394 g/mol. The number of halogens is 2. The fraction of sp³-hybridized carbons (Fsp3) is 0.316. The standard InChI is InChI=1S/C19H21Cl2N3O2/c1-3-24(8-4-5-19(25)26)17-6-7-18(13(2)9-17)23-22-16-11-14(20)10-15(21)12-16/h6-7,9-12H,3-5,8H2,1-2H3,(H,25,26). The topological polar surface area (TPSA) is 65.3 Å². The van der Waals surface area contributed by atoms with Crippen molar-refractivity contribution in [1.29, 1.82) is 0 Å². The fourth-order valence-corrected chi connectivity index (χ4v) is 3.06. The molecule has 7 heteroatoms. The summed E-state index contributed by atoms with van der Waals surface area (Å²) >= 11 is 11.9. The van der Waals surface area contributed by atoms with Crippen molar-refractivity contribution in [2.45, 2.75) is 26.7 Å². The molecule has 0 aliphatic heterocycles. The Morgan fingerprint density at radius 3 is 2.38 bits per heavy atom. The molecule has 0 spiro atoms. The van der Waals surface area contributed by atoms with Crippen LogP contribution in [0.4, 0.5) is 17.1 Å². The van der Waals surface area contributed by atoms with Crippen molar-refractivity contribution in [3.63, 3.8) is 0 Å². The highest BCUT2D eigenvalue weighted by atomic mass is 35.5. The molecule has 0 fully saturated rings. The van der Waals surface area contributed by atoms with Crippen LogP contribution >= 0.6 is 23.2 Å². The van der Waals surface area contributed by atoms with Gasteiger partial charge in [0.15, 0.2) is 0 Å². The number of aryl methyl sites for hydroxylation is 1. The van der Waals surface area contributed by atoms with Gasteiger partial charge in [0.1, 0.15) is 0 Å². The lowest BCUT2D eigenvalue weighted by molar-refractivity contribution is -0.137. The maximum atomic E-state index is 10.7. The van der Waals surface area contributed by atoms with Crippen LogP contribution in [0.25, 0.3) is 0 Å². The van der Waals surface area contributed by atoms with Crippen LogP contribution < -0.4 is 4.90 Å². The summed E-state index contributed by atoms with van der Waals surface area (Å²) in [6, 6.07) is 10.9. The van der Waals surface area contributed by atoms with Crippen LogP contribution in [0.2, 0.25) is 10.0 Å². The maximum absolute atomic E-state index is 10.7. The van der Waals surface area contributed by atoms with Crippen molar-refractivity contribution in [3.8, 4) is 0 Å². The monoisotopic (exact) mass is 393 g/mol. The third kappa shape index (κ3) is 6.00. The molecule has 0 radical (unpaired) electrons. The van der Waals surface area contributed by atoms with Gasteiger partial charge in [-0.3, -0.25) is 4.79 Å². The minimum atomic E-state index is -0.769. The van der Waals surface area contributed by atoms with E-state index in [0.29, 0.717) is 28.7 Å². The van der Waals surface area contributed by atoms with Crippen molar-refractivity contribution >= 4 is 46.2 Å². The average Bonchev–Trinajstić information content (AvgIpc) is 2.56. The molecule has 138 valence electrons. The lowest BCUT2D eigenvalue weighted by atomic mass is 10.1. The van der Waals surface area contributed by atoms with Crippen molar-refractivity contribution in [2.24, 2.45) is 10.2 Å². The SMILES string of the molecule is CCN(CCCC(=O)O)c1ccc(N=Nc2cc(Cl)cc(Cl)c2)c(C)c1. The lowest BCUT2D eigenvalue weighted by Gasteiger charge is -2.23. The van der Waals surface area contributed by atoms with Gasteiger partial charge in [0.05, 0.1) is 11.4 Å². The number of anilines is 1. The first-order valence-corrected chi connectivity index (χ1v) is 9.10. The van der Waals surface area contributed by atoms with Crippen molar-refractivity contribution in [3.05, 3.63) is 52.0 Å². The Morgan fingerprint density at radius 1 is 1.12 bits per heavy atom. The summed E-state index contributed by atoms with van der Waals surface area (Å²) in [6.45, 7) is 5.52. The highest BCUT2D eigenvalue weighted by Crippen LogP contribution is 2.29. The first-order chi connectivity index (χ1) is 12.4. The number of hydrogen-bond acceptors (Lipinski definition) is 4. The van der Waals surface area contributed by atoms with Crippen molar-refractivity contribution in [2.75, 3.05) is 18.0 Å². The number of rotatable bonds is 8. The van der Waals surface area contributed by atoms with E-state index < -0.39 is 5.97 Å². The van der Waals surface area contributed by atoms with E-state index in [1.165, 1.54) is 0 Å². The Labute approximate surface area is 163 Å². The molecular weight excluding hydrogens is 373 g/mol. The van der Waals surface area contributed by atoms with Gasteiger partial charge in [-0.15, -0.1) is 0 Å².